The van der Waals surface area contributed by atoms with Crippen molar-refractivity contribution < 1.29 is 4.79 Å². The largest absolute Gasteiger partial charge is 0.272 e. The van der Waals surface area contributed by atoms with Crippen molar-refractivity contribution in [3.8, 4) is 28.2 Å². The van der Waals surface area contributed by atoms with Gasteiger partial charge in [-0.15, -0.1) is 10.2 Å². The summed E-state index contributed by atoms with van der Waals surface area (Å²) in [5.41, 5.74) is 8.37. The second kappa shape index (κ2) is 12.0. The van der Waals surface area contributed by atoms with E-state index in [-0.39, 0.29) is 11.7 Å². The molecule has 0 unspecified atom stereocenters. The maximum Gasteiger partial charge on any atom is 0.250 e. The molecular weight excluding hydrogens is 560 g/mol. The predicted molar refractivity (Wildman–Crippen MR) is 155 cm³/mol. The average Bonchev–Trinajstić information content (AvgIpc) is 3.40. The Balaban J connectivity index is 1.27. The number of hydrogen-bond donors (Lipinski definition) is 1. The van der Waals surface area contributed by atoms with Crippen molar-refractivity contribution in [1.82, 2.24) is 25.2 Å². The highest BCUT2D eigenvalue weighted by Gasteiger charge is 2.17. The molecule has 1 amide bonds. The monoisotopic (exact) mass is 582 g/mol. The average molecular weight is 584 g/mol. The zero-order valence-electron chi connectivity index (χ0n) is 20.5. The van der Waals surface area contributed by atoms with Gasteiger partial charge in [0.1, 0.15) is 0 Å². The number of benzene rings is 3. The molecular formula is C29H23BrN6OS. The van der Waals surface area contributed by atoms with Gasteiger partial charge in [0.25, 0.3) is 5.91 Å². The fraction of sp³-hybridized carbons (Fsp3) is 0.0690. The van der Waals surface area contributed by atoms with E-state index in [2.05, 4.69) is 65.9 Å². The number of rotatable bonds is 8. The Morgan fingerprint density at radius 1 is 0.868 bits per heavy atom. The van der Waals surface area contributed by atoms with E-state index in [1.165, 1.54) is 11.8 Å². The van der Waals surface area contributed by atoms with Crippen LogP contribution in [0.5, 0.6) is 0 Å². The number of thioether (sulfide) groups is 1. The lowest BCUT2D eigenvalue weighted by atomic mass is 10.0. The lowest BCUT2D eigenvalue weighted by Crippen LogP contribution is -2.21. The van der Waals surface area contributed by atoms with Gasteiger partial charge in [-0.05, 0) is 60.0 Å². The molecule has 0 spiro atoms. The van der Waals surface area contributed by atoms with Crippen LogP contribution < -0.4 is 5.43 Å². The number of carbonyl (C=O) groups is 1. The van der Waals surface area contributed by atoms with Crippen molar-refractivity contribution in [2.75, 3.05) is 5.75 Å². The Bertz CT molecular complexity index is 1550. The number of amides is 1. The first-order chi connectivity index (χ1) is 18.6. The molecule has 9 heteroatoms. The Hall–Kier alpha value is -4.08. The van der Waals surface area contributed by atoms with Crippen LogP contribution in [0.2, 0.25) is 0 Å². The minimum atomic E-state index is -0.230. The number of aromatic nitrogens is 4. The molecule has 0 radical (unpaired) electrons. The molecule has 188 valence electrons. The predicted octanol–water partition coefficient (Wildman–Crippen LogP) is 6.39. The van der Waals surface area contributed by atoms with E-state index in [1.54, 1.807) is 12.4 Å². The number of hydrazone groups is 1. The number of nitrogens with one attached hydrogen (secondary N) is 1. The molecule has 0 aliphatic heterocycles. The van der Waals surface area contributed by atoms with Crippen molar-refractivity contribution in [3.05, 3.63) is 113 Å². The molecule has 5 aromatic rings. The molecule has 0 saturated carbocycles. The van der Waals surface area contributed by atoms with Crippen molar-refractivity contribution in [2.24, 2.45) is 5.10 Å². The molecule has 2 heterocycles. The first kappa shape index (κ1) is 25.6. The molecule has 0 bridgehead atoms. The summed E-state index contributed by atoms with van der Waals surface area (Å²) in [7, 11) is 0. The molecule has 0 aliphatic rings. The van der Waals surface area contributed by atoms with Gasteiger partial charge in [-0.25, -0.2) is 5.43 Å². The van der Waals surface area contributed by atoms with E-state index < -0.39 is 0 Å². The summed E-state index contributed by atoms with van der Waals surface area (Å²) in [6.07, 6.45) is 3.43. The van der Waals surface area contributed by atoms with Crippen LogP contribution in [0.1, 0.15) is 12.5 Å². The number of carbonyl (C=O) groups excluding carboxylic acids is 1. The smallest absolute Gasteiger partial charge is 0.250 e. The van der Waals surface area contributed by atoms with E-state index in [1.807, 2.05) is 78.2 Å². The van der Waals surface area contributed by atoms with Gasteiger partial charge in [0.2, 0.25) is 0 Å². The van der Waals surface area contributed by atoms with Crippen molar-refractivity contribution in [1.29, 1.82) is 0 Å². The fourth-order valence-electron chi connectivity index (χ4n) is 3.78. The fourth-order valence-corrected chi connectivity index (χ4v) is 4.79. The summed E-state index contributed by atoms with van der Waals surface area (Å²) in [6.45, 7) is 1.87. The van der Waals surface area contributed by atoms with Gasteiger partial charge in [0.05, 0.1) is 11.5 Å². The van der Waals surface area contributed by atoms with Gasteiger partial charge in [0, 0.05) is 28.1 Å². The van der Waals surface area contributed by atoms with Crippen LogP contribution >= 0.6 is 27.7 Å². The highest BCUT2D eigenvalue weighted by molar-refractivity contribution is 9.10. The van der Waals surface area contributed by atoms with Crippen LogP contribution in [0, 0.1) is 0 Å². The van der Waals surface area contributed by atoms with E-state index in [4.69, 9.17) is 0 Å². The standard InChI is InChI=1S/C29H23BrN6OS/c1-20(21-7-9-23(10-8-21)22-5-3-2-4-6-22)32-33-27(37)19-38-29-35-34-28(24-15-17-31-18-16-24)36(29)26-13-11-25(30)12-14-26/h2-18H,19H2,1H3,(H,33,37). The first-order valence-electron chi connectivity index (χ1n) is 11.8. The zero-order valence-corrected chi connectivity index (χ0v) is 22.9. The summed E-state index contributed by atoms with van der Waals surface area (Å²) in [4.78, 5) is 16.7. The topological polar surface area (TPSA) is 85.1 Å². The third-order valence-corrected chi connectivity index (χ3v) is 7.20. The number of pyridine rings is 1. The summed E-state index contributed by atoms with van der Waals surface area (Å²) >= 11 is 4.78. The van der Waals surface area contributed by atoms with Gasteiger partial charge < -0.3 is 0 Å². The van der Waals surface area contributed by atoms with Gasteiger partial charge in [-0.3, -0.25) is 14.3 Å². The van der Waals surface area contributed by atoms with Crippen LogP contribution in [0.3, 0.4) is 0 Å². The minimum Gasteiger partial charge on any atom is -0.272 e. The third kappa shape index (κ3) is 6.07. The molecule has 0 saturated heterocycles. The molecule has 7 nitrogen and oxygen atoms in total. The van der Waals surface area contributed by atoms with Crippen LogP contribution in [-0.4, -0.2) is 37.1 Å². The Labute approximate surface area is 233 Å². The quantitative estimate of drug-likeness (QED) is 0.130. The summed E-state index contributed by atoms with van der Waals surface area (Å²) in [5.74, 6) is 0.575. The van der Waals surface area contributed by atoms with Crippen molar-refractivity contribution >= 4 is 39.3 Å². The maximum atomic E-state index is 12.6. The Morgan fingerprint density at radius 3 is 2.26 bits per heavy atom. The SMILES string of the molecule is CC(=NNC(=O)CSc1nnc(-c2ccncc2)n1-c1ccc(Br)cc1)c1ccc(-c2ccccc2)cc1. The molecule has 38 heavy (non-hydrogen) atoms. The number of hydrogen-bond acceptors (Lipinski definition) is 6. The van der Waals surface area contributed by atoms with Crippen LogP contribution in [0.4, 0.5) is 0 Å². The second-order valence-corrected chi connectivity index (χ2v) is 10.2. The van der Waals surface area contributed by atoms with E-state index >= 15 is 0 Å². The summed E-state index contributed by atoms with van der Waals surface area (Å²) in [5, 5.41) is 13.7. The minimum absolute atomic E-state index is 0.134. The number of halogens is 1. The van der Waals surface area contributed by atoms with E-state index in [9.17, 15) is 4.79 Å². The zero-order chi connectivity index (χ0) is 26.3. The molecule has 2 aromatic heterocycles. The maximum absolute atomic E-state index is 12.6. The molecule has 0 aliphatic carbocycles. The van der Waals surface area contributed by atoms with Gasteiger partial charge in [-0.2, -0.15) is 5.10 Å². The van der Waals surface area contributed by atoms with E-state index in [0.29, 0.717) is 11.0 Å². The lowest BCUT2D eigenvalue weighted by Gasteiger charge is -2.10. The van der Waals surface area contributed by atoms with Gasteiger partial charge in [-0.1, -0.05) is 82.3 Å². The first-order valence-corrected chi connectivity index (χ1v) is 13.6. The molecule has 0 fully saturated rings. The molecule has 5 rings (SSSR count). The second-order valence-electron chi connectivity index (χ2n) is 8.32. The van der Waals surface area contributed by atoms with Gasteiger partial charge >= 0.3 is 0 Å². The Morgan fingerprint density at radius 2 is 1.55 bits per heavy atom. The molecule has 0 atom stereocenters. The normalized spacial score (nSPS) is 11.4. The van der Waals surface area contributed by atoms with Crippen LogP contribution in [-0.2, 0) is 4.79 Å². The van der Waals surface area contributed by atoms with Crippen molar-refractivity contribution in [2.45, 2.75) is 12.1 Å². The van der Waals surface area contributed by atoms with Crippen molar-refractivity contribution in [3.63, 3.8) is 0 Å². The summed E-state index contributed by atoms with van der Waals surface area (Å²) < 4.78 is 2.90. The van der Waals surface area contributed by atoms with Crippen LogP contribution in [0.25, 0.3) is 28.2 Å². The van der Waals surface area contributed by atoms with Gasteiger partial charge in [0.15, 0.2) is 11.0 Å². The summed E-state index contributed by atoms with van der Waals surface area (Å²) in [6, 6.07) is 29.9. The van der Waals surface area contributed by atoms with Crippen LogP contribution in [0.15, 0.2) is 118 Å². The third-order valence-electron chi connectivity index (χ3n) is 5.75. The Kier molecular flexibility index (Phi) is 8.06. The lowest BCUT2D eigenvalue weighted by molar-refractivity contribution is -0.118. The highest BCUT2D eigenvalue weighted by atomic mass is 79.9. The van der Waals surface area contributed by atoms with E-state index in [0.717, 1.165) is 38.1 Å². The number of nitrogens with zero attached hydrogens (tertiary/aromatic N) is 5. The highest BCUT2D eigenvalue weighted by Crippen LogP contribution is 2.28. The molecule has 3 aromatic carbocycles. The molecule has 1 N–H and O–H groups in total.